The molecule has 0 fully saturated rings. The van der Waals surface area contributed by atoms with Gasteiger partial charge in [0.1, 0.15) is 18.0 Å². The lowest BCUT2D eigenvalue weighted by Gasteiger charge is -2.11. The van der Waals surface area contributed by atoms with E-state index in [0.29, 0.717) is 33.5 Å². The molecule has 142 valence electrons. The van der Waals surface area contributed by atoms with Gasteiger partial charge in [-0.15, -0.1) is 6.42 Å². The first-order chi connectivity index (χ1) is 13.6. The second-order valence-electron chi connectivity index (χ2n) is 5.94. The molecule has 0 saturated carbocycles. The number of amides is 1. The number of nitrogens with one attached hydrogen (secondary N) is 1. The summed E-state index contributed by atoms with van der Waals surface area (Å²) in [6.07, 6.45) is 5.33. The number of ether oxygens (including phenoxy) is 2. The lowest BCUT2D eigenvalue weighted by Crippen LogP contribution is -2.28. The Hall–Kier alpha value is -3.79. The molecule has 1 aromatic heterocycles. The molecule has 0 saturated heterocycles. The summed E-state index contributed by atoms with van der Waals surface area (Å²) in [5, 5.41) is 8.31. The smallest absolute Gasteiger partial charge is 0.275 e. The van der Waals surface area contributed by atoms with Gasteiger partial charge in [-0.2, -0.15) is 5.10 Å². The third-order valence-corrected chi connectivity index (χ3v) is 4.22. The van der Waals surface area contributed by atoms with Gasteiger partial charge in [-0.1, -0.05) is 24.1 Å². The van der Waals surface area contributed by atoms with E-state index in [9.17, 15) is 9.59 Å². The molecule has 0 aliphatic carbocycles. The Labute approximate surface area is 161 Å². The summed E-state index contributed by atoms with van der Waals surface area (Å²) in [6.45, 7) is 0.182. The standard InChI is InChI=1S/C21H19N3O4/c1-4-9-24-21(26)18-8-6-5-7-17(18)19(23-24)13-22-20(25)14-10-15(27-2)12-16(11-14)28-3/h1,5-8,10-12H,9,13H2,2-3H3,(H,22,25). The average molecular weight is 377 g/mol. The van der Waals surface area contributed by atoms with Gasteiger partial charge in [-0.3, -0.25) is 9.59 Å². The van der Waals surface area contributed by atoms with Crippen LogP contribution in [0.3, 0.4) is 0 Å². The molecule has 0 unspecified atom stereocenters. The number of nitrogens with zero attached hydrogens (tertiary/aromatic N) is 2. The molecule has 0 bridgehead atoms. The van der Waals surface area contributed by atoms with Gasteiger partial charge in [-0.05, 0) is 18.2 Å². The molecule has 0 atom stereocenters. The van der Waals surface area contributed by atoms with Gasteiger partial charge in [0.05, 0.1) is 31.8 Å². The first kappa shape index (κ1) is 19.0. The van der Waals surface area contributed by atoms with Crippen molar-refractivity contribution in [3.05, 3.63) is 64.1 Å². The third kappa shape index (κ3) is 3.81. The molecule has 7 nitrogen and oxygen atoms in total. The van der Waals surface area contributed by atoms with Crippen LogP contribution in [0.25, 0.3) is 10.8 Å². The molecule has 0 spiro atoms. The zero-order valence-electron chi connectivity index (χ0n) is 15.6. The number of benzene rings is 2. The molecular weight excluding hydrogens is 358 g/mol. The number of hydrogen-bond acceptors (Lipinski definition) is 5. The van der Waals surface area contributed by atoms with Crippen molar-refractivity contribution in [3.8, 4) is 23.8 Å². The maximum absolute atomic E-state index is 12.6. The molecule has 0 radical (unpaired) electrons. The highest BCUT2D eigenvalue weighted by Gasteiger charge is 2.13. The van der Waals surface area contributed by atoms with Gasteiger partial charge < -0.3 is 14.8 Å². The van der Waals surface area contributed by atoms with Crippen LogP contribution in [0.5, 0.6) is 11.5 Å². The zero-order valence-corrected chi connectivity index (χ0v) is 15.6. The first-order valence-corrected chi connectivity index (χ1v) is 8.51. The Morgan fingerprint density at radius 2 is 1.79 bits per heavy atom. The predicted molar refractivity (Wildman–Crippen MR) is 106 cm³/mol. The van der Waals surface area contributed by atoms with Crippen molar-refractivity contribution in [1.29, 1.82) is 0 Å². The molecule has 28 heavy (non-hydrogen) atoms. The maximum Gasteiger partial charge on any atom is 0.275 e. The monoisotopic (exact) mass is 377 g/mol. The number of fused-ring (bicyclic) bond motifs is 1. The highest BCUT2D eigenvalue weighted by Crippen LogP contribution is 2.22. The third-order valence-electron chi connectivity index (χ3n) is 4.22. The fourth-order valence-corrected chi connectivity index (χ4v) is 2.83. The highest BCUT2D eigenvalue weighted by atomic mass is 16.5. The van der Waals surface area contributed by atoms with E-state index in [-0.39, 0.29) is 24.6 Å². The number of carbonyl (C=O) groups is 1. The van der Waals surface area contributed by atoms with E-state index in [2.05, 4.69) is 16.3 Å². The van der Waals surface area contributed by atoms with Crippen molar-refractivity contribution in [2.24, 2.45) is 0 Å². The van der Waals surface area contributed by atoms with Crippen LogP contribution in [0, 0.1) is 12.3 Å². The van der Waals surface area contributed by atoms with E-state index in [1.807, 2.05) is 6.07 Å². The lowest BCUT2D eigenvalue weighted by molar-refractivity contribution is 0.0949. The van der Waals surface area contributed by atoms with Crippen LogP contribution < -0.4 is 20.3 Å². The van der Waals surface area contributed by atoms with E-state index in [1.165, 1.54) is 18.9 Å². The van der Waals surface area contributed by atoms with Gasteiger partial charge in [-0.25, -0.2) is 4.68 Å². The number of hydrogen-bond donors (Lipinski definition) is 1. The van der Waals surface area contributed by atoms with Gasteiger partial charge in [0.2, 0.25) is 0 Å². The molecule has 0 aliphatic rings. The molecule has 3 rings (SSSR count). The van der Waals surface area contributed by atoms with Crippen LogP contribution in [0.1, 0.15) is 16.1 Å². The number of carbonyl (C=O) groups excluding carboxylic acids is 1. The normalized spacial score (nSPS) is 10.3. The summed E-state index contributed by atoms with van der Waals surface area (Å²) in [5.74, 6) is 3.12. The Morgan fingerprint density at radius 3 is 2.39 bits per heavy atom. The quantitative estimate of drug-likeness (QED) is 0.664. The zero-order chi connectivity index (χ0) is 20.1. The van der Waals surface area contributed by atoms with Crippen molar-refractivity contribution < 1.29 is 14.3 Å². The molecule has 1 heterocycles. The summed E-state index contributed by atoms with van der Waals surface area (Å²) in [5.41, 5.74) is 0.673. The maximum atomic E-state index is 12.6. The largest absolute Gasteiger partial charge is 0.497 e. The Kier molecular flexibility index (Phi) is 5.61. The number of rotatable bonds is 6. The minimum Gasteiger partial charge on any atom is -0.497 e. The van der Waals surface area contributed by atoms with E-state index in [1.54, 1.807) is 36.4 Å². The lowest BCUT2D eigenvalue weighted by atomic mass is 10.1. The minimum atomic E-state index is -0.321. The topological polar surface area (TPSA) is 82.5 Å². The minimum absolute atomic E-state index is 0.0533. The molecule has 1 N–H and O–H groups in total. The Bertz CT molecular complexity index is 1110. The van der Waals surface area contributed by atoms with Crippen LogP contribution in [0.4, 0.5) is 0 Å². The van der Waals surface area contributed by atoms with E-state index in [4.69, 9.17) is 15.9 Å². The highest BCUT2D eigenvalue weighted by molar-refractivity contribution is 5.95. The van der Waals surface area contributed by atoms with Crippen molar-refractivity contribution in [2.75, 3.05) is 14.2 Å². The van der Waals surface area contributed by atoms with E-state index < -0.39 is 0 Å². The Balaban J connectivity index is 1.92. The van der Waals surface area contributed by atoms with Gasteiger partial charge >= 0.3 is 0 Å². The molecule has 3 aromatic rings. The fourth-order valence-electron chi connectivity index (χ4n) is 2.83. The van der Waals surface area contributed by atoms with Crippen molar-refractivity contribution in [1.82, 2.24) is 15.1 Å². The fraction of sp³-hybridized carbons (Fsp3) is 0.190. The predicted octanol–water partition coefficient (Wildman–Crippen LogP) is 1.98. The molecular formula is C21H19N3O4. The number of aromatic nitrogens is 2. The van der Waals surface area contributed by atoms with Crippen molar-refractivity contribution in [2.45, 2.75) is 13.1 Å². The summed E-state index contributed by atoms with van der Waals surface area (Å²) in [6, 6.07) is 12.0. The van der Waals surface area contributed by atoms with Gasteiger partial charge in [0, 0.05) is 17.0 Å². The van der Waals surface area contributed by atoms with E-state index in [0.717, 1.165) is 0 Å². The molecule has 7 heteroatoms. The number of terminal acetylenes is 1. The van der Waals surface area contributed by atoms with E-state index >= 15 is 0 Å². The van der Waals surface area contributed by atoms with Crippen LogP contribution in [0.2, 0.25) is 0 Å². The van der Waals surface area contributed by atoms with Crippen LogP contribution in [0.15, 0.2) is 47.3 Å². The molecule has 1 amide bonds. The molecule has 0 aliphatic heterocycles. The average Bonchev–Trinajstić information content (AvgIpc) is 2.74. The second-order valence-corrected chi connectivity index (χ2v) is 5.94. The van der Waals surface area contributed by atoms with Gasteiger partial charge in [0.15, 0.2) is 0 Å². The summed E-state index contributed by atoms with van der Waals surface area (Å²) < 4.78 is 11.6. The first-order valence-electron chi connectivity index (χ1n) is 8.51. The summed E-state index contributed by atoms with van der Waals surface area (Å²) >= 11 is 0. The summed E-state index contributed by atoms with van der Waals surface area (Å²) in [7, 11) is 3.03. The van der Waals surface area contributed by atoms with Crippen LogP contribution in [-0.4, -0.2) is 29.9 Å². The van der Waals surface area contributed by atoms with Crippen LogP contribution >= 0.6 is 0 Å². The van der Waals surface area contributed by atoms with Crippen molar-refractivity contribution in [3.63, 3.8) is 0 Å². The second kappa shape index (κ2) is 8.27. The summed E-state index contributed by atoms with van der Waals surface area (Å²) in [4.78, 5) is 25.1. The Morgan fingerprint density at radius 1 is 1.14 bits per heavy atom. The molecule has 2 aromatic carbocycles. The van der Waals surface area contributed by atoms with Gasteiger partial charge in [0.25, 0.3) is 11.5 Å². The SMILES string of the molecule is C#CCn1nc(CNC(=O)c2cc(OC)cc(OC)c2)c2ccccc2c1=O. The van der Waals surface area contributed by atoms with Crippen molar-refractivity contribution >= 4 is 16.7 Å². The van der Waals surface area contributed by atoms with Crippen LogP contribution in [-0.2, 0) is 13.1 Å². The number of methoxy groups -OCH3 is 2.